The SMILES string of the molecule is CC(CN)N(C)C(=O)COc1ccc(Cl)c2cccnc12. The number of aromatic nitrogens is 1. The lowest BCUT2D eigenvalue weighted by atomic mass is 10.2. The molecule has 6 heteroatoms. The van der Waals surface area contributed by atoms with Crippen molar-refractivity contribution in [1.82, 2.24) is 9.88 Å². The minimum atomic E-state index is -0.132. The lowest BCUT2D eigenvalue weighted by Crippen LogP contribution is -2.42. The fourth-order valence-electron chi connectivity index (χ4n) is 1.87. The number of benzene rings is 1. The molecule has 5 nitrogen and oxygen atoms in total. The van der Waals surface area contributed by atoms with E-state index < -0.39 is 0 Å². The molecule has 0 aliphatic rings. The monoisotopic (exact) mass is 307 g/mol. The molecule has 1 aromatic carbocycles. The van der Waals surface area contributed by atoms with Crippen molar-refractivity contribution in [2.45, 2.75) is 13.0 Å². The maximum atomic E-state index is 12.0. The lowest BCUT2D eigenvalue weighted by molar-refractivity contribution is -0.133. The summed E-state index contributed by atoms with van der Waals surface area (Å²) >= 11 is 6.12. The number of ether oxygens (including phenoxy) is 1. The molecule has 2 N–H and O–H groups in total. The molecule has 0 bridgehead atoms. The van der Waals surface area contributed by atoms with E-state index in [0.29, 0.717) is 22.8 Å². The highest BCUT2D eigenvalue weighted by molar-refractivity contribution is 6.35. The van der Waals surface area contributed by atoms with Crippen molar-refractivity contribution in [3.8, 4) is 5.75 Å². The van der Waals surface area contributed by atoms with Gasteiger partial charge >= 0.3 is 0 Å². The summed E-state index contributed by atoms with van der Waals surface area (Å²) in [7, 11) is 1.71. The van der Waals surface area contributed by atoms with Crippen LogP contribution >= 0.6 is 11.6 Å². The normalized spacial score (nSPS) is 12.2. The Bertz CT molecular complexity index is 648. The lowest BCUT2D eigenvalue weighted by Gasteiger charge is -2.23. The third kappa shape index (κ3) is 3.43. The molecule has 112 valence electrons. The molecule has 0 fully saturated rings. The fraction of sp³-hybridized carbons (Fsp3) is 0.333. The predicted molar refractivity (Wildman–Crippen MR) is 83.5 cm³/mol. The number of pyridine rings is 1. The molecule has 2 aromatic rings. The van der Waals surface area contributed by atoms with E-state index in [9.17, 15) is 4.79 Å². The topological polar surface area (TPSA) is 68.5 Å². The Morgan fingerprint density at radius 1 is 1.48 bits per heavy atom. The minimum absolute atomic E-state index is 0.0267. The summed E-state index contributed by atoms with van der Waals surface area (Å²) in [5, 5.41) is 1.40. The number of fused-ring (bicyclic) bond motifs is 1. The van der Waals surface area contributed by atoms with Gasteiger partial charge in [0.2, 0.25) is 0 Å². The molecule has 0 aliphatic carbocycles. The Balaban J connectivity index is 2.14. The van der Waals surface area contributed by atoms with E-state index in [1.807, 2.05) is 13.0 Å². The quantitative estimate of drug-likeness (QED) is 0.918. The zero-order chi connectivity index (χ0) is 15.4. The highest BCUT2D eigenvalue weighted by Gasteiger charge is 2.16. The van der Waals surface area contributed by atoms with Gasteiger partial charge in [-0.3, -0.25) is 9.78 Å². The van der Waals surface area contributed by atoms with Gasteiger partial charge < -0.3 is 15.4 Å². The van der Waals surface area contributed by atoms with Gasteiger partial charge in [0.05, 0.1) is 5.02 Å². The number of nitrogens with two attached hydrogens (primary N) is 1. The number of likely N-dealkylation sites (N-methyl/N-ethyl adjacent to an activating group) is 1. The number of carbonyl (C=O) groups is 1. The highest BCUT2D eigenvalue weighted by atomic mass is 35.5. The first-order chi connectivity index (χ1) is 10.0. The molecule has 1 atom stereocenters. The Morgan fingerprint density at radius 2 is 2.24 bits per heavy atom. The van der Waals surface area contributed by atoms with Gasteiger partial charge in [-0.15, -0.1) is 0 Å². The van der Waals surface area contributed by atoms with Gasteiger partial charge in [0.1, 0.15) is 11.3 Å². The molecule has 1 aromatic heterocycles. The third-order valence-electron chi connectivity index (χ3n) is 3.43. The molecule has 0 aliphatic heterocycles. The second-order valence-electron chi connectivity index (χ2n) is 4.82. The first-order valence-electron chi connectivity index (χ1n) is 6.66. The maximum absolute atomic E-state index is 12.0. The number of amides is 1. The number of rotatable bonds is 5. The first-order valence-corrected chi connectivity index (χ1v) is 7.04. The van der Waals surface area contributed by atoms with Crippen molar-refractivity contribution in [3.63, 3.8) is 0 Å². The van der Waals surface area contributed by atoms with E-state index in [2.05, 4.69) is 4.98 Å². The maximum Gasteiger partial charge on any atom is 0.260 e. The summed E-state index contributed by atoms with van der Waals surface area (Å²) in [4.78, 5) is 17.9. The van der Waals surface area contributed by atoms with Gasteiger partial charge in [-0.05, 0) is 31.2 Å². The molecular weight excluding hydrogens is 290 g/mol. The van der Waals surface area contributed by atoms with Gasteiger partial charge in [-0.25, -0.2) is 0 Å². The van der Waals surface area contributed by atoms with Crippen LogP contribution in [0.25, 0.3) is 10.9 Å². The minimum Gasteiger partial charge on any atom is -0.481 e. The van der Waals surface area contributed by atoms with Crippen LogP contribution in [0, 0.1) is 0 Å². The fourth-order valence-corrected chi connectivity index (χ4v) is 2.09. The van der Waals surface area contributed by atoms with Gasteiger partial charge in [0, 0.05) is 31.2 Å². The van der Waals surface area contributed by atoms with Gasteiger partial charge in [0.25, 0.3) is 5.91 Å². The Labute approximate surface area is 128 Å². The Morgan fingerprint density at radius 3 is 2.95 bits per heavy atom. The van der Waals surface area contributed by atoms with Crippen molar-refractivity contribution >= 4 is 28.4 Å². The van der Waals surface area contributed by atoms with Gasteiger partial charge in [-0.1, -0.05) is 11.6 Å². The number of nitrogens with zero attached hydrogens (tertiary/aromatic N) is 2. The van der Waals surface area contributed by atoms with Crippen molar-refractivity contribution in [2.24, 2.45) is 5.73 Å². The molecule has 0 saturated heterocycles. The van der Waals surface area contributed by atoms with Crippen LogP contribution in [0.15, 0.2) is 30.5 Å². The predicted octanol–water partition coefficient (Wildman–Crippen LogP) is 2.07. The summed E-state index contributed by atoms with van der Waals surface area (Å²) in [5.41, 5.74) is 6.20. The van der Waals surface area contributed by atoms with Crippen LogP contribution < -0.4 is 10.5 Å². The number of halogens is 1. The van der Waals surface area contributed by atoms with Gasteiger partial charge in [-0.2, -0.15) is 0 Å². The second kappa shape index (κ2) is 6.74. The van der Waals surface area contributed by atoms with E-state index in [1.165, 1.54) is 0 Å². The molecule has 0 radical (unpaired) electrons. The van der Waals surface area contributed by atoms with E-state index in [1.54, 1.807) is 36.3 Å². The van der Waals surface area contributed by atoms with Crippen LogP contribution in [0.2, 0.25) is 5.02 Å². The summed E-state index contributed by atoms with van der Waals surface area (Å²) in [6, 6.07) is 7.10. The highest BCUT2D eigenvalue weighted by Crippen LogP contribution is 2.29. The molecule has 1 unspecified atom stereocenters. The Kier molecular flexibility index (Phi) is 4.98. The molecular formula is C15H18ClN3O2. The van der Waals surface area contributed by atoms with Crippen LogP contribution in [0.5, 0.6) is 5.75 Å². The molecule has 2 rings (SSSR count). The largest absolute Gasteiger partial charge is 0.481 e. The summed E-state index contributed by atoms with van der Waals surface area (Å²) < 4.78 is 5.60. The Hall–Kier alpha value is -1.85. The van der Waals surface area contributed by atoms with Crippen LogP contribution in [0.3, 0.4) is 0 Å². The van der Waals surface area contributed by atoms with Crippen molar-refractivity contribution in [3.05, 3.63) is 35.5 Å². The summed E-state index contributed by atoms with van der Waals surface area (Å²) in [6.45, 7) is 2.24. The van der Waals surface area contributed by atoms with Crippen molar-refractivity contribution in [2.75, 3.05) is 20.2 Å². The zero-order valence-electron chi connectivity index (χ0n) is 12.0. The molecule has 1 heterocycles. The van der Waals surface area contributed by atoms with Crippen molar-refractivity contribution in [1.29, 1.82) is 0 Å². The van der Waals surface area contributed by atoms with E-state index in [4.69, 9.17) is 22.1 Å². The zero-order valence-corrected chi connectivity index (χ0v) is 12.8. The van der Waals surface area contributed by atoms with Crippen LogP contribution in [0.4, 0.5) is 0 Å². The molecule has 0 saturated carbocycles. The average Bonchev–Trinajstić information content (AvgIpc) is 2.52. The smallest absolute Gasteiger partial charge is 0.260 e. The van der Waals surface area contributed by atoms with E-state index in [0.717, 1.165) is 5.39 Å². The van der Waals surface area contributed by atoms with Crippen molar-refractivity contribution < 1.29 is 9.53 Å². The molecule has 0 spiro atoms. The number of hydrogen-bond donors (Lipinski definition) is 1. The first kappa shape index (κ1) is 15.5. The second-order valence-corrected chi connectivity index (χ2v) is 5.23. The van der Waals surface area contributed by atoms with E-state index >= 15 is 0 Å². The molecule has 1 amide bonds. The number of carbonyl (C=O) groups excluding carboxylic acids is 1. The summed E-state index contributed by atoms with van der Waals surface area (Å²) in [6.07, 6.45) is 1.66. The average molecular weight is 308 g/mol. The third-order valence-corrected chi connectivity index (χ3v) is 3.76. The van der Waals surface area contributed by atoms with Gasteiger partial charge in [0.15, 0.2) is 6.61 Å². The van der Waals surface area contributed by atoms with Crippen LogP contribution in [-0.4, -0.2) is 42.0 Å². The molecule has 21 heavy (non-hydrogen) atoms. The summed E-state index contributed by atoms with van der Waals surface area (Å²) in [5.74, 6) is 0.407. The standard InChI is InChI=1S/C15H18ClN3O2/c1-10(8-17)19(2)14(20)9-21-13-6-5-12(16)11-4-3-7-18-15(11)13/h3-7,10H,8-9,17H2,1-2H3. The van der Waals surface area contributed by atoms with Crippen LogP contribution in [-0.2, 0) is 4.79 Å². The van der Waals surface area contributed by atoms with Crippen LogP contribution in [0.1, 0.15) is 6.92 Å². The number of hydrogen-bond acceptors (Lipinski definition) is 4. The van der Waals surface area contributed by atoms with E-state index in [-0.39, 0.29) is 18.6 Å².